The fourth-order valence-electron chi connectivity index (χ4n) is 9.07. The molecule has 0 bridgehead atoms. The Hall–Kier alpha value is -5.16. The second-order valence-electron chi connectivity index (χ2n) is 15.0. The lowest BCUT2D eigenvalue weighted by molar-refractivity contribution is 0.316. The van der Waals surface area contributed by atoms with Crippen LogP contribution in [0.15, 0.2) is 121 Å². The zero-order valence-corrected chi connectivity index (χ0v) is 30.2. The maximum atomic E-state index is 11.9. The van der Waals surface area contributed by atoms with Crippen LogP contribution in [-0.2, 0) is 23.9 Å². The van der Waals surface area contributed by atoms with Crippen molar-refractivity contribution in [2.24, 2.45) is 0 Å². The number of aryl methyl sites for hydroxylation is 2. The molecule has 0 aliphatic heterocycles. The number of benzene rings is 6. The molecule has 6 aromatic carbocycles. The molecule has 4 nitrogen and oxygen atoms in total. The number of hydrogen-bond acceptors (Lipinski definition) is 4. The minimum Gasteiger partial charge on any atom is -0.507 e. The number of aromatic hydroxyl groups is 2. The van der Waals surface area contributed by atoms with Crippen molar-refractivity contribution < 1.29 is 10.2 Å². The molecule has 0 heterocycles. The van der Waals surface area contributed by atoms with E-state index < -0.39 is 10.8 Å². The van der Waals surface area contributed by atoms with Crippen molar-refractivity contribution in [3.05, 3.63) is 177 Å². The standard InChI is InChI=1S/C47H46N2O2/c1-30-24-32(44(50)42(26-30)46(3)38-18-10-6-14-34(38)35-15-7-11-19-39(35)46)28-48-22-23-49(5)29-33-25-31(2)27-43(45(33)51)47(4)40-20-12-8-16-36(40)37-17-9-13-21-41(37)47/h6-21,24-27,48,50-51H,22-23,28-29H2,1-5H3. The number of phenolic OH excluding ortho intramolecular Hbond substituents is 2. The lowest BCUT2D eigenvalue weighted by Gasteiger charge is -2.31. The van der Waals surface area contributed by atoms with Crippen LogP contribution in [0.3, 0.4) is 0 Å². The van der Waals surface area contributed by atoms with Gasteiger partial charge in [0.1, 0.15) is 11.5 Å². The van der Waals surface area contributed by atoms with E-state index in [9.17, 15) is 10.2 Å². The van der Waals surface area contributed by atoms with Crippen molar-refractivity contribution in [2.75, 3.05) is 20.1 Å². The maximum Gasteiger partial charge on any atom is 0.124 e. The van der Waals surface area contributed by atoms with Gasteiger partial charge in [-0.1, -0.05) is 132 Å². The van der Waals surface area contributed by atoms with E-state index in [1.807, 2.05) is 0 Å². The Labute approximate surface area is 302 Å². The van der Waals surface area contributed by atoms with E-state index in [2.05, 4.69) is 166 Å². The summed E-state index contributed by atoms with van der Waals surface area (Å²) in [6.45, 7) is 11.4. The minimum atomic E-state index is -0.452. The smallest absolute Gasteiger partial charge is 0.124 e. The molecule has 0 unspecified atom stereocenters. The third-order valence-electron chi connectivity index (χ3n) is 11.6. The van der Waals surface area contributed by atoms with Crippen LogP contribution >= 0.6 is 0 Å². The molecule has 0 atom stereocenters. The van der Waals surface area contributed by atoms with Gasteiger partial charge in [-0.2, -0.15) is 0 Å². The highest BCUT2D eigenvalue weighted by Gasteiger charge is 2.43. The number of likely N-dealkylation sites (N-methyl/N-ethyl adjacent to an activating group) is 1. The summed E-state index contributed by atoms with van der Waals surface area (Å²) in [4.78, 5) is 2.25. The molecular weight excluding hydrogens is 625 g/mol. The molecule has 0 saturated heterocycles. The third-order valence-corrected chi connectivity index (χ3v) is 11.6. The first-order valence-corrected chi connectivity index (χ1v) is 18.1. The molecule has 2 aliphatic rings. The molecular formula is C47H46N2O2. The van der Waals surface area contributed by atoms with Gasteiger partial charge in [0.25, 0.3) is 0 Å². The number of fused-ring (bicyclic) bond motifs is 6. The second kappa shape index (κ2) is 12.6. The van der Waals surface area contributed by atoms with Crippen molar-refractivity contribution in [3.63, 3.8) is 0 Å². The predicted octanol–water partition coefficient (Wildman–Crippen LogP) is 9.61. The van der Waals surface area contributed by atoms with Gasteiger partial charge >= 0.3 is 0 Å². The molecule has 0 aromatic heterocycles. The summed E-state index contributed by atoms with van der Waals surface area (Å²) in [5.41, 5.74) is 15.0. The van der Waals surface area contributed by atoms with Gasteiger partial charge in [0.2, 0.25) is 0 Å². The third kappa shape index (κ3) is 5.20. The topological polar surface area (TPSA) is 55.7 Å². The monoisotopic (exact) mass is 670 g/mol. The summed E-state index contributed by atoms with van der Waals surface area (Å²) in [6.07, 6.45) is 0. The normalized spacial score (nSPS) is 14.6. The molecule has 2 aliphatic carbocycles. The van der Waals surface area contributed by atoms with E-state index in [4.69, 9.17) is 0 Å². The van der Waals surface area contributed by atoms with Crippen molar-refractivity contribution in [3.8, 4) is 33.8 Å². The first-order valence-electron chi connectivity index (χ1n) is 18.1. The molecule has 3 N–H and O–H groups in total. The van der Waals surface area contributed by atoms with Crippen molar-refractivity contribution >= 4 is 0 Å². The number of rotatable bonds is 9. The first kappa shape index (κ1) is 33.0. The summed E-state index contributed by atoms with van der Waals surface area (Å²) in [5.74, 6) is 0.728. The SMILES string of the molecule is Cc1cc(CNCCN(C)Cc2cc(C)cc(C3(C)c4ccccc4-c4ccccc43)c2O)c(O)c(C2(C)c3ccccc3-c3ccccc32)c1. The van der Waals surface area contributed by atoms with Crippen LogP contribution < -0.4 is 5.32 Å². The molecule has 0 amide bonds. The van der Waals surface area contributed by atoms with E-state index in [0.717, 1.165) is 46.5 Å². The van der Waals surface area contributed by atoms with Crippen LogP contribution in [0.4, 0.5) is 0 Å². The molecule has 0 spiro atoms. The van der Waals surface area contributed by atoms with Gasteiger partial charge in [0.05, 0.1) is 0 Å². The Kier molecular flexibility index (Phi) is 8.13. The van der Waals surface area contributed by atoms with Crippen molar-refractivity contribution in [1.29, 1.82) is 0 Å². The molecule has 0 fully saturated rings. The Balaban J connectivity index is 0.994. The summed E-state index contributed by atoms with van der Waals surface area (Å²) in [7, 11) is 2.10. The lowest BCUT2D eigenvalue weighted by Crippen LogP contribution is -2.29. The molecule has 0 saturated carbocycles. The van der Waals surface area contributed by atoms with Gasteiger partial charge in [0, 0.05) is 59.3 Å². The van der Waals surface area contributed by atoms with E-state index >= 15 is 0 Å². The molecule has 256 valence electrons. The van der Waals surface area contributed by atoms with Crippen molar-refractivity contribution in [1.82, 2.24) is 10.2 Å². The average Bonchev–Trinajstić information content (AvgIpc) is 3.56. The fourth-order valence-corrected chi connectivity index (χ4v) is 9.07. The summed E-state index contributed by atoms with van der Waals surface area (Å²) < 4.78 is 0. The number of hydrogen-bond donors (Lipinski definition) is 3. The highest BCUT2D eigenvalue weighted by Crippen LogP contribution is 2.56. The number of phenols is 2. The maximum absolute atomic E-state index is 11.9. The quantitative estimate of drug-likeness (QED) is 0.134. The van der Waals surface area contributed by atoms with E-state index in [1.54, 1.807) is 0 Å². The van der Waals surface area contributed by atoms with Gasteiger partial charge in [-0.15, -0.1) is 0 Å². The second-order valence-corrected chi connectivity index (χ2v) is 15.0. The molecule has 6 aromatic rings. The number of nitrogens with one attached hydrogen (secondary N) is 1. The Morgan fingerprint density at radius 2 is 0.902 bits per heavy atom. The molecule has 8 rings (SSSR count). The Morgan fingerprint density at radius 1 is 0.529 bits per heavy atom. The number of nitrogens with zero attached hydrogens (tertiary/aromatic N) is 1. The van der Waals surface area contributed by atoms with E-state index in [1.165, 1.54) is 44.5 Å². The van der Waals surface area contributed by atoms with Gasteiger partial charge in [-0.25, -0.2) is 0 Å². The summed E-state index contributed by atoms with van der Waals surface area (Å²) in [6, 6.07) is 42.9. The van der Waals surface area contributed by atoms with Crippen LogP contribution in [-0.4, -0.2) is 35.3 Å². The van der Waals surface area contributed by atoms with Crippen LogP contribution in [0.5, 0.6) is 11.5 Å². The highest BCUT2D eigenvalue weighted by atomic mass is 16.3. The van der Waals surface area contributed by atoms with E-state index in [0.29, 0.717) is 24.6 Å². The largest absolute Gasteiger partial charge is 0.507 e. The zero-order valence-electron chi connectivity index (χ0n) is 30.2. The predicted molar refractivity (Wildman–Crippen MR) is 209 cm³/mol. The Bertz CT molecular complexity index is 2210. The fraction of sp³-hybridized carbons (Fsp3) is 0.234. The molecule has 4 heteroatoms. The summed E-state index contributed by atoms with van der Waals surface area (Å²) >= 11 is 0. The van der Waals surface area contributed by atoms with Gasteiger partial charge in [0.15, 0.2) is 0 Å². The highest BCUT2D eigenvalue weighted by molar-refractivity contribution is 5.85. The minimum absolute atomic E-state index is 0.358. The summed E-state index contributed by atoms with van der Waals surface area (Å²) in [5, 5.41) is 27.3. The van der Waals surface area contributed by atoms with Crippen LogP contribution in [0.25, 0.3) is 22.3 Å². The van der Waals surface area contributed by atoms with Gasteiger partial charge in [-0.3, -0.25) is 0 Å². The first-order chi connectivity index (χ1) is 24.6. The Morgan fingerprint density at radius 3 is 1.33 bits per heavy atom. The van der Waals surface area contributed by atoms with Crippen LogP contribution in [0.1, 0.15) is 69.5 Å². The lowest BCUT2D eigenvalue weighted by atomic mass is 9.73. The van der Waals surface area contributed by atoms with Crippen molar-refractivity contribution in [2.45, 2.75) is 51.6 Å². The molecule has 0 radical (unpaired) electrons. The van der Waals surface area contributed by atoms with Gasteiger partial charge in [-0.05, 0) is 79.3 Å². The van der Waals surface area contributed by atoms with Crippen LogP contribution in [0, 0.1) is 13.8 Å². The molecule has 51 heavy (non-hydrogen) atoms. The van der Waals surface area contributed by atoms with E-state index in [-0.39, 0.29) is 0 Å². The van der Waals surface area contributed by atoms with Gasteiger partial charge < -0.3 is 20.4 Å². The zero-order chi connectivity index (χ0) is 35.5. The average molecular weight is 671 g/mol. The van der Waals surface area contributed by atoms with Crippen LogP contribution in [0.2, 0.25) is 0 Å².